The first-order chi connectivity index (χ1) is 13.4. The number of rotatable bonds is 7. The molecule has 1 spiro atoms. The van der Waals surface area contributed by atoms with Gasteiger partial charge in [-0.05, 0) is 50.1 Å². The fraction of sp³-hybridized carbons (Fsp3) is 0.571. The molecule has 1 aromatic rings. The Labute approximate surface area is 166 Å². The molecule has 1 saturated carbocycles. The lowest BCUT2D eigenvalue weighted by atomic mass is 9.77. The van der Waals surface area contributed by atoms with E-state index in [0.29, 0.717) is 25.3 Å². The van der Waals surface area contributed by atoms with Crippen LogP contribution in [0.5, 0.6) is 0 Å². The molecule has 3 rings (SSSR count). The van der Waals surface area contributed by atoms with Crippen LogP contribution in [0.4, 0.5) is 4.79 Å². The summed E-state index contributed by atoms with van der Waals surface area (Å²) >= 11 is 0. The molecule has 0 atom stereocenters. The van der Waals surface area contributed by atoms with Crippen molar-refractivity contribution in [3.8, 4) is 0 Å². The molecule has 1 saturated heterocycles. The Bertz CT molecular complexity index is 714. The van der Waals surface area contributed by atoms with Gasteiger partial charge in [-0.15, -0.1) is 0 Å². The SMILES string of the molecule is CCCN(CC(=O)NN1C(=O)NC2(CCC(C)CC2)C1=O)Cc1ccccc1. The lowest BCUT2D eigenvalue weighted by Gasteiger charge is -2.33. The summed E-state index contributed by atoms with van der Waals surface area (Å²) < 4.78 is 0. The summed E-state index contributed by atoms with van der Waals surface area (Å²) in [6, 6.07) is 9.41. The van der Waals surface area contributed by atoms with Crippen LogP contribution in [0.25, 0.3) is 0 Å². The number of imide groups is 1. The summed E-state index contributed by atoms with van der Waals surface area (Å²) in [6.07, 6.45) is 3.96. The molecule has 4 amide bonds. The van der Waals surface area contributed by atoms with E-state index in [4.69, 9.17) is 0 Å². The standard InChI is InChI=1S/C21H30N4O3/c1-3-13-24(14-17-7-5-4-6-8-17)15-18(26)23-25-19(27)21(22-20(25)28)11-9-16(2)10-12-21/h4-8,16H,3,9-15H2,1-2H3,(H,22,28)(H,23,26). The Hall–Kier alpha value is -2.41. The molecule has 2 aliphatic rings. The maximum absolute atomic E-state index is 12.9. The Morgan fingerprint density at radius 3 is 2.57 bits per heavy atom. The van der Waals surface area contributed by atoms with Crippen molar-refractivity contribution >= 4 is 17.8 Å². The van der Waals surface area contributed by atoms with E-state index < -0.39 is 11.6 Å². The monoisotopic (exact) mass is 386 g/mol. The summed E-state index contributed by atoms with van der Waals surface area (Å²) in [5, 5.41) is 3.70. The lowest BCUT2D eigenvalue weighted by Crippen LogP contribution is -2.52. The van der Waals surface area contributed by atoms with Crippen LogP contribution >= 0.6 is 0 Å². The minimum Gasteiger partial charge on any atom is -0.322 e. The average Bonchev–Trinajstić information content (AvgIpc) is 2.89. The predicted octanol–water partition coefficient (Wildman–Crippen LogP) is 2.43. The minimum absolute atomic E-state index is 0.129. The van der Waals surface area contributed by atoms with E-state index >= 15 is 0 Å². The van der Waals surface area contributed by atoms with Gasteiger partial charge in [0.25, 0.3) is 11.8 Å². The van der Waals surface area contributed by atoms with E-state index in [2.05, 4.69) is 24.6 Å². The lowest BCUT2D eigenvalue weighted by molar-refractivity contribution is -0.140. The van der Waals surface area contributed by atoms with Crippen LogP contribution in [0.1, 0.15) is 51.5 Å². The van der Waals surface area contributed by atoms with Gasteiger partial charge in [0.1, 0.15) is 5.54 Å². The fourth-order valence-electron chi connectivity index (χ4n) is 4.05. The highest BCUT2D eigenvalue weighted by Gasteiger charge is 2.52. The zero-order chi connectivity index (χ0) is 20.1. The Morgan fingerprint density at radius 1 is 1.25 bits per heavy atom. The van der Waals surface area contributed by atoms with Crippen molar-refractivity contribution in [3.05, 3.63) is 35.9 Å². The second kappa shape index (κ2) is 8.73. The number of amides is 4. The summed E-state index contributed by atoms with van der Waals surface area (Å²) in [6.45, 7) is 5.74. The second-order valence-corrected chi connectivity index (χ2v) is 8.07. The predicted molar refractivity (Wildman–Crippen MR) is 106 cm³/mol. The highest BCUT2D eigenvalue weighted by molar-refractivity contribution is 6.08. The van der Waals surface area contributed by atoms with E-state index in [0.717, 1.165) is 36.4 Å². The van der Waals surface area contributed by atoms with Gasteiger partial charge in [-0.25, -0.2) is 4.79 Å². The second-order valence-electron chi connectivity index (χ2n) is 8.07. The van der Waals surface area contributed by atoms with Gasteiger partial charge in [-0.1, -0.05) is 44.2 Å². The first-order valence-corrected chi connectivity index (χ1v) is 10.2. The smallest absolute Gasteiger partial charge is 0.322 e. The molecule has 2 N–H and O–H groups in total. The largest absolute Gasteiger partial charge is 0.344 e. The molecule has 0 bridgehead atoms. The fourth-order valence-corrected chi connectivity index (χ4v) is 4.05. The molecule has 7 heteroatoms. The Kier molecular flexibility index (Phi) is 6.34. The summed E-state index contributed by atoms with van der Waals surface area (Å²) in [7, 11) is 0. The van der Waals surface area contributed by atoms with Crippen LogP contribution in [-0.2, 0) is 16.1 Å². The number of carbonyl (C=O) groups excluding carboxylic acids is 3. The number of hydrazine groups is 1. The van der Waals surface area contributed by atoms with E-state index in [1.807, 2.05) is 35.2 Å². The molecule has 0 radical (unpaired) electrons. The zero-order valence-electron chi connectivity index (χ0n) is 16.7. The van der Waals surface area contributed by atoms with Gasteiger partial charge in [-0.3, -0.25) is 19.9 Å². The highest BCUT2D eigenvalue weighted by atomic mass is 16.2. The number of hydrogen-bond donors (Lipinski definition) is 2. The van der Waals surface area contributed by atoms with Crippen molar-refractivity contribution in [2.45, 2.75) is 58.0 Å². The van der Waals surface area contributed by atoms with Crippen LogP contribution in [0.15, 0.2) is 30.3 Å². The maximum Gasteiger partial charge on any atom is 0.344 e. The number of carbonyl (C=O) groups is 3. The molecule has 0 unspecified atom stereocenters. The summed E-state index contributed by atoms with van der Waals surface area (Å²) in [4.78, 5) is 39.8. The first-order valence-electron chi connectivity index (χ1n) is 10.2. The molecule has 2 fully saturated rings. The Balaban J connectivity index is 1.60. The van der Waals surface area contributed by atoms with E-state index in [1.165, 1.54) is 0 Å². The van der Waals surface area contributed by atoms with Gasteiger partial charge < -0.3 is 5.32 Å². The first kappa shape index (κ1) is 20.3. The minimum atomic E-state index is -0.843. The van der Waals surface area contributed by atoms with Gasteiger partial charge in [0.15, 0.2) is 0 Å². The molecule has 0 aromatic heterocycles. The molecular weight excluding hydrogens is 356 g/mol. The topological polar surface area (TPSA) is 81.8 Å². The van der Waals surface area contributed by atoms with Crippen LogP contribution in [0.3, 0.4) is 0 Å². The zero-order valence-corrected chi connectivity index (χ0v) is 16.7. The third-order valence-corrected chi connectivity index (χ3v) is 5.68. The third-order valence-electron chi connectivity index (χ3n) is 5.68. The molecule has 1 aliphatic heterocycles. The van der Waals surface area contributed by atoms with Gasteiger partial charge in [-0.2, -0.15) is 5.01 Å². The molecule has 28 heavy (non-hydrogen) atoms. The van der Waals surface area contributed by atoms with Gasteiger partial charge in [0.2, 0.25) is 0 Å². The summed E-state index contributed by atoms with van der Waals surface area (Å²) in [5.41, 5.74) is 2.80. The van der Waals surface area contributed by atoms with Crippen molar-refractivity contribution in [1.82, 2.24) is 20.7 Å². The normalized spacial score (nSPS) is 24.7. The molecule has 1 aliphatic carbocycles. The van der Waals surface area contributed by atoms with Crippen molar-refractivity contribution < 1.29 is 14.4 Å². The molecule has 1 aromatic carbocycles. The van der Waals surface area contributed by atoms with Crippen molar-refractivity contribution in [2.24, 2.45) is 5.92 Å². The van der Waals surface area contributed by atoms with E-state index in [1.54, 1.807) is 0 Å². The van der Waals surface area contributed by atoms with Gasteiger partial charge in [0, 0.05) is 6.54 Å². The van der Waals surface area contributed by atoms with Gasteiger partial charge >= 0.3 is 6.03 Å². The molecule has 1 heterocycles. The molecular formula is C21H30N4O3. The van der Waals surface area contributed by atoms with Crippen molar-refractivity contribution in [3.63, 3.8) is 0 Å². The average molecular weight is 386 g/mol. The number of nitrogens with zero attached hydrogens (tertiary/aromatic N) is 2. The Morgan fingerprint density at radius 2 is 1.93 bits per heavy atom. The van der Waals surface area contributed by atoms with E-state index in [-0.39, 0.29) is 18.4 Å². The van der Waals surface area contributed by atoms with Crippen molar-refractivity contribution in [1.29, 1.82) is 0 Å². The molecule has 152 valence electrons. The quantitative estimate of drug-likeness (QED) is 0.705. The number of nitrogens with one attached hydrogen (secondary N) is 2. The van der Waals surface area contributed by atoms with Crippen molar-refractivity contribution in [2.75, 3.05) is 13.1 Å². The third kappa shape index (κ3) is 4.52. The van der Waals surface area contributed by atoms with Crippen LogP contribution in [0.2, 0.25) is 0 Å². The van der Waals surface area contributed by atoms with Crippen LogP contribution in [-0.4, -0.2) is 46.4 Å². The van der Waals surface area contributed by atoms with Crippen LogP contribution in [0, 0.1) is 5.92 Å². The van der Waals surface area contributed by atoms with Gasteiger partial charge in [0.05, 0.1) is 6.54 Å². The number of hydrogen-bond acceptors (Lipinski definition) is 4. The number of urea groups is 1. The summed E-state index contributed by atoms with van der Waals surface area (Å²) in [5.74, 6) is -0.128. The molecule has 7 nitrogen and oxygen atoms in total. The highest BCUT2D eigenvalue weighted by Crippen LogP contribution is 2.35. The van der Waals surface area contributed by atoms with E-state index in [9.17, 15) is 14.4 Å². The van der Waals surface area contributed by atoms with Crippen LogP contribution < -0.4 is 10.7 Å². The maximum atomic E-state index is 12.9. The number of benzene rings is 1.